The number of ether oxygens (including phenoxy) is 2. The van der Waals surface area contributed by atoms with Crippen LogP contribution in [-0.4, -0.2) is 23.4 Å². The number of nitrogens with zero attached hydrogens (tertiary/aromatic N) is 1. The zero-order valence-electron chi connectivity index (χ0n) is 8.87. The summed E-state index contributed by atoms with van der Waals surface area (Å²) in [6, 6.07) is 2.93. The van der Waals surface area contributed by atoms with E-state index in [1.54, 1.807) is 12.3 Å². The lowest BCUT2D eigenvalue weighted by molar-refractivity contribution is 0.165. The number of nitrogens with one attached hydrogen (secondary N) is 1. The van der Waals surface area contributed by atoms with Crippen molar-refractivity contribution in [2.45, 2.75) is 0 Å². The number of aromatic amines is 1. The summed E-state index contributed by atoms with van der Waals surface area (Å²) in [6.45, 7) is 0.732. The highest BCUT2D eigenvalue weighted by molar-refractivity contribution is 5.80. The Morgan fingerprint density at radius 3 is 2.65 bits per heavy atom. The molecular weight excluding hydrogens is 225 g/mol. The molecule has 2 aromatic rings. The van der Waals surface area contributed by atoms with Crippen LogP contribution in [0.4, 0.5) is 10.2 Å². The lowest BCUT2D eigenvalue weighted by Gasteiger charge is -2.21. The predicted molar refractivity (Wildman–Crippen MR) is 59.4 cm³/mol. The van der Waals surface area contributed by atoms with Crippen molar-refractivity contribution < 1.29 is 13.9 Å². The number of halogens is 1. The Hall–Kier alpha value is -2.24. The third-order valence-corrected chi connectivity index (χ3v) is 2.60. The second kappa shape index (κ2) is 3.65. The van der Waals surface area contributed by atoms with E-state index < -0.39 is 5.82 Å². The van der Waals surface area contributed by atoms with Gasteiger partial charge in [0.1, 0.15) is 19.0 Å². The number of hydrogen-bond donors (Lipinski definition) is 2. The minimum absolute atomic E-state index is 0.134. The Labute approximate surface area is 96.3 Å². The molecule has 1 aromatic heterocycles. The van der Waals surface area contributed by atoms with Crippen molar-refractivity contribution in [1.82, 2.24) is 10.2 Å². The molecule has 0 unspecified atom stereocenters. The van der Waals surface area contributed by atoms with Gasteiger partial charge in [0.05, 0.1) is 6.20 Å². The van der Waals surface area contributed by atoms with E-state index in [9.17, 15) is 4.39 Å². The first kappa shape index (κ1) is 9.95. The second-order valence-electron chi connectivity index (χ2n) is 3.65. The molecular formula is C11H10FN3O2. The summed E-state index contributed by atoms with van der Waals surface area (Å²) in [5.41, 5.74) is 7.08. The maximum Gasteiger partial charge on any atom is 0.197 e. The molecule has 0 radical (unpaired) electrons. The van der Waals surface area contributed by atoms with Gasteiger partial charge in [-0.15, -0.1) is 0 Å². The molecule has 0 saturated carbocycles. The van der Waals surface area contributed by atoms with Crippen LogP contribution in [0.25, 0.3) is 11.1 Å². The van der Waals surface area contributed by atoms with Crippen LogP contribution < -0.4 is 15.2 Å². The van der Waals surface area contributed by atoms with Crippen molar-refractivity contribution in [3.05, 3.63) is 24.1 Å². The lowest BCUT2D eigenvalue weighted by atomic mass is 10.1. The van der Waals surface area contributed by atoms with Gasteiger partial charge < -0.3 is 15.2 Å². The topological polar surface area (TPSA) is 73.2 Å². The molecule has 6 heteroatoms. The van der Waals surface area contributed by atoms with Crippen LogP contribution in [0, 0.1) is 5.82 Å². The SMILES string of the molecule is Nc1[nH]ncc1-c1ccc(F)c2c1OCCO2. The van der Waals surface area contributed by atoms with Crippen LogP contribution >= 0.6 is 0 Å². The van der Waals surface area contributed by atoms with E-state index in [2.05, 4.69) is 10.2 Å². The van der Waals surface area contributed by atoms with Crippen LogP contribution in [0.5, 0.6) is 11.5 Å². The van der Waals surface area contributed by atoms with Gasteiger partial charge in [0, 0.05) is 11.1 Å². The molecule has 0 aliphatic carbocycles. The molecule has 0 amide bonds. The van der Waals surface area contributed by atoms with E-state index in [1.165, 1.54) is 6.07 Å². The monoisotopic (exact) mass is 235 g/mol. The maximum atomic E-state index is 13.5. The van der Waals surface area contributed by atoms with Gasteiger partial charge in [-0.2, -0.15) is 5.10 Å². The largest absolute Gasteiger partial charge is 0.485 e. The molecule has 0 bridgehead atoms. The first-order valence-corrected chi connectivity index (χ1v) is 5.14. The van der Waals surface area contributed by atoms with Gasteiger partial charge in [-0.3, -0.25) is 5.10 Å². The zero-order chi connectivity index (χ0) is 11.8. The number of benzene rings is 1. The highest BCUT2D eigenvalue weighted by atomic mass is 19.1. The number of nitrogens with two attached hydrogens (primary N) is 1. The summed E-state index contributed by atoms with van der Waals surface area (Å²) in [5.74, 6) is 0.484. The Bertz CT molecular complexity index is 568. The number of rotatable bonds is 1. The van der Waals surface area contributed by atoms with Crippen molar-refractivity contribution in [1.29, 1.82) is 0 Å². The summed E-state index contributed by atoms with van der Waals surface area (Å²) in [5, 5.41) is 6.46. The summed E-state index contributed by atoms with van der Waals surface area (Å²) >= 11 is 0. The number of aromatic nitrogens is 2. The third-order valence-electron chi connectivity index (χ3n) is 2.60. The Morgan fingerprint density at radius 2 is 1.94 bits per heavy atom. The second-order valence-corrected chi connectivity index (χ2v) is 3.65. The molecule has 0 fully saturated rings. The van der Waals surface area contributed by atoms with Crippen molar-refractivity contribution in [2.24, 2.45) is 0 Å². The Kier molecular flexibility index (Phi) is 2.14. The molecule has 88 valence electrons. The molecule has 17 heavy (non-hydrogen) atoms. The van der Waals surface area contributed by atoms with Crippen LogP contribution in [0.2, 0.25) is 0 Å². The van der Waals surface area contributed by atoms with Crippen molar-refractivity contribution in [3.63, 3.8) is 0 Å². The minimum atomic E-state index is -0.439. The van der Waals surface area contributed by atoms with Gasteiger partial charge >= 0.3 is 0 Å². The number of H-pyrrole nitrogens is 1. The van der Waals surface area contributed by atoms with Crippen LogP contribution in [-0.2, 0) is 0 Å². The van der Waals surface area contributed by atoms with Crippen LogP contribution in [0.3, 0.4) is 0 Å². The summed E-state index contributed by atoms with van der Waals surface area (Å²) in [7, 11) is 0. The first-order valence-electron chi connectivity index (χ1n) is 5.14. The highest BCUT2D eigenvalue weighted by Gasteiger charge is 2.22. The van der Waals surface area contributed by atoms with Crippen molar-refractivity contribution in [3.8, 4) is 22.6 Å². The number of anilines is 1. The van der Waals surface area contributed by atoms with Gasteiger partial charge in [-0.25, -0.2) is 4.39 Å². The average Bonchev–Trinajstić information content (AvgIpc) is 2.77. The zero-order valence-corrected chi connectivity index (χ0v) is 8.87. The number of nitrogen functional groups attached to an aromatic ring is 1. The highest BCUT2D eigenvalue weighted by Crippen LogP contribution is 2.42. The molecule has 1 aromatic carbocycles. The molecule has 3 N–H and O–H groups in total. The predicted octanol–water partition coefficient (Wildman–Crippen LogP) is 1.57. The molecule has 0 atom stereocenters. The van der Waals surface area contributed by atoms with Crippen molar-refractivity contribution in [2.75, 3.05) is 18.9 Å². The lowest BCUT2D eigenvalue weighted by Crippen LogP contribution is -2.17. The van der Waals surface area contributed by atoms with E-state index in [0.717, 1.165) is 0 Å². The molecule has 1 aliphatic heterocycles. The maximum absolute atomic E-state index is 13.5. The van der Waals surface area contributed by atoms with E-state index >= 15 is 0 Å². The fourth-order valence-electron chi connectivity index (χ4n) is 1.83. The third kappa shape index (κ3) is 1.49. The van der Waals surface area contributed by atoms with E-state index in [0.29, 0.717) is 35.9 Å². The number of hydrogen-bond acceptors (Lipinski definition) is 4. The Morgan fingerprint density at radius 1 is 1.18 bits per heavy atom. The van der Waals surface area contributed by atoms with Gasteiger partial charge in [0.15, 0.2) is 17.3 Å². The first-order chi connectivity index (χ1) is 8.27. The van der Waals surface area contributed by atoms with E-state index in [1.807, 2.05) is 0 Å². The summed E-state index contributed by atoms with van der Waals surface area (Å²) in [4.78, 5) is 0. The quantitative estimate of drug-likeness (QED) is 0.786. The summed E-state index contributed by atoms with van der Waals surface area (Å²) in [6.07, 6.45) is 1.57. The normalized spacial score (nSPS) is 13.7. The average molecular weight is 235 g/mol. The van der Waals surface area contributed by atoms with Gasteiger partial charge in [-0.1, -0.05) is 0 Å². The fourth-order valence-corrected chi connectivity index (χ4v) is 1.83. The molecule has 5 nitrogen and oxygen atoms in total. The standard InChI is InChI=1S/C11H10FN3O2/c12-8-2-1-6(7-5-14-15-11(7)13)9-10(8)17-4-3-16-9/h1-2,5H,3-4H2,(H3,13,14,15). The smallest absolute Gasteiger partial charge is 0.197 e. The Balaban J connectivity index is 2.21. The fraction of sp³-hybridized carbons (Fsp3) is 0.182. The van der Waals surface area contributed by atoms with E-state index in [4.69, 9.17) is 15.2 Å². The van der Waals surface area contributed by atoms with Crippen LogP contribution in [0.1, 0.15) is 0 Å². The van der Waals surface area contributed by atoms with Gasteiger partial charge in [-0.05, 0) is 12.1 Å². The number of fused-ring (bicyclic) bond motifs is 1. The van der Waals surface area contributed by atoms with Crippen molar-refractivity contribution >= 4 is 5.82 Å². The van der Waals surface area contributed by atoms with Crippen LogP contribution in [0.15, 0.2) is 18.3 Å². The van der Waals surface area contributed by atoms with Gasteiger partial charge in [0.25, 0.3) is 0 Å². The molecule has 1 aliphatic rings. The molecule has 3 rings (SSSR count). The molecule has 0 spiro atoms. The van der Waals surface area contributed by atoms with Gasteiger partial charge in [0.2, 0.25) is 0 Å². The molecule has 2 heterocycles. The summed E-state index contributed by atoms with van der Waals surface area (Å²) < 4.78 is 24.2. The molecule has 0 saturated heterocycles. The minimum Gasteiger partial charge on any atom is -0.485 e. The van der Waals surface area contributed by atoms with E-state index in [-0.39, 0.29) is 5.75 Å².